The lowest BCUT2D eigenvalue weighted by molar-refractivity contribution is -0.139. The Morgan fingerprint density at radius 1 is 1.33 bits per heavy atom. The fraction of sp³-hybridized carbons (Fsp3) is 0.500. The van der Waals surface area contributed by atoms with E-state index in [1.807, 2.05) is 0 Å². The summed E-state index contributed by atoms with van der Waals surface area (Å²) in [7, 11) is 0. The van der Waals surface area contributed by atoms with Crippen LogP contribution in [-0.4, -0.2) is 4.98 Å². The van der Waals surface area contributed by atoms with Crippen LogP contribution in [0.2, 0.25) is 0 Å². The number of rotatable bonds is 1. The number of alkyl halides is 3. The van der Waals surface area contributed by atoms with Gasteiger partial charge in [-0.3, -0.25) is 4.79 Å². The number of pyridine rings is 1. The molecule has 0 radical (unpaired) electrons. The Kier molecular flexibility index (Phi) is 2.93. The Hall–Kier alpha value is -1.26. The molecule has 0 aromatic carbocycles. The summed E-state index contributed by atoms with van der Waals surface area (Å²) in [6.45, 7) is 4.52. The van der Waals surface area contributed by atoms with Gasteiger partial charge in [0, 0.05) is 11.8 Å². The molecule has 1 aromatic rings. The monoisotopic (exact) mass is 219 g/mol. The average Bonchev–Trinajstić information content (AvgIpc) is 1.99. The van der Waals surface area contributed by atoms with Gasteiger partial charge in [0.15, 0.2) is 0 Å². The van der Waals surface area contributed by atoms with Crippen molar-refractivity contribution >= 4 is 0 Å². The maximum atomic E-state index is 12.7. The fourth-order valence-electron chi connectivity index (χ4n) is 1.52. The molecule has 15 heavy (non-hydrogen) atoms. The van der Waals surface area contributed by atoms with Gasteiger partial charge in [-0.2, -0.15) is 13.2 Å². The number of aromatic amines is 1. The molecule has 0 aliphatic rings. The predicted molar refractivity (Wildman–Crippen MR) is 50.9 cm³/mol. The molecule has 0 aliphatic heterocycles. The zero-order valence-electron chi connectivity index (χ0n) is 8.70. The van der Waals surface area contributed by atoms with Crippen LogP contribution in [0.1, 0.15) is 36.6 Å². The van der Waals surface area contributed by atoms with Crippen LogP contribution in [0, 0.1) is 6.92 Å². The summed E-state index contributed by atoms with van der Waals surface area (Å²) in [5.74, 6) is -0.366. The van der Waals surface area contributed by atoms with Gasteiger partial charge >= 0.3 is 6.18 Å². The van der Waals surface area contributed by atoms with E-state index in [0.29, 0.717) is 0 Å². The highest BCUT2D eigenvalue weighted by molar-refractivity contribution is 5.33. The minimum atomic E-state index is -4.42. The highest BCUT2D eigenvalue weighted by Gasteiger charge is 2.36. The number of aryl methyl sites for hydroxylation is 1. The van der Waals surface area contributed by atoms with Crippen molar-refractivity contribution in [2.45, 2.75) is 32.9 Å². The van der Waals surface area contributed by atoms with Crippen molar-refractivity contribution in [2.75, 3.05) is 0 Å². The predicted octanol–water partition coefficient (Wildman–Crippen LogP) is 2.83. The van der Waals surface area contributed by atoms with Crippen LogP contribution in [0.25, 0.3) is 0 Å². The zero-order valence-corrected chi connectivity index (χ0v) is 8.70. The lowest BCUT2D eigenvalue weighted by atomic mass is 9.99. The zero-order chi connectivity index (χ0) is 11.8. The van der Waals surface area contributed by atoms with E-state index in [1.165, 1.54) is 6.92 Å². The van der Waals surface area contributed by atoms with Gasteiger partial charge in [0.05, 0.1) is 5.56 Å². The van der Waals surface area contributed by atoms with E-state index in [0.717, 1.165) is 6.07 Å². The van der Waals surface area contributed by atoms with E-state index in [1.54, 1.807) is 13.8 Å². The van der Waals surface area contributed by atoms with Gasteiger partial charge in [-0.15, -0.1) is 0 Å². The third-order valence-electron chi connectivity index (χ3n) is 2.13. The van der Waals surface area contributed by atoms with Crippen molar-refractivity contribution in [1.82, 2.24) is 4.98 Å². The summed E-state index contributed by atoms with van der Waals surface area (Å²) in [5, 5.41) is 0. The summed E-state index contributed by atoms with van der Waals surface area (Å²) in [6.07, 6.45) is -4.42. The van der Waals surface area contributed by atoms with Gasteiger partial charge in [0.1, 0.15) is 0 Å². The highest BCUT2D eigenvalue weighted by atomic mass is 19.4. The van der Waals surface area contributed by atoms with Crippen molar-refractivity contribution in [3.8, 4) is 0 Å². The maximum Gasteiger partial charge on any atom is 0.418 e. The lowest BCUT2D eigenvalue weighted by Crippen LogP contribution is -2.20. The highest BCUT2D eigenvalue weighted by Crippen LogP contribution is 2.35. The maximum absolute atomic E-state index is 12.7. The molecular formula is C10H12F3NO. The minimum absolute atomic E-state index is 0.0325. The van der Waals surface area contributed by atoms with Crippen LogP contribution >= 0.6 is 0 Å². The lowest BCUT2D eigenvalue weighted by Gasteiger charge is -2.17. The normalized spacial score (nSPS) is 12.2. The molecule has 2 nitrogen and oxygen atoms in total. The molecule has 0 fully saturated rings. The van der Waals surface area contributed by atoms with E-state index < -0.39 is 17.3 Å². The second kappa shape index (κ2) is 3.72. The quantitative estimate of drug-likeness (QED) is 0.774. The summed E-state index contributed by atoms with van der Waals surface area (Å²) < 4.78 is 38.0. The van der Waals surface area contributed by atoms with E-state index in [4.69, 9.17) is 0 Å². The van der Waals surface area contributed by atoms with Crippen LogP contribution in [0.15, 0.2) is 10.9 Å². The summed E-state index contributed by atoms with van der Waals surface area (Å²) in [4.78, 5) is 13.3. The summed E-state index contributed by atoms with van der Waals surface area (Å²) in [5.41, 5.74) is -1.30. The van der Waals surface area contributed by atoms with E-state index in [-0.39, 0.29) is 17.2 Å². The van der Waals surface area contributed by atoms with Crippen molar-refractivity contribution in [2.24, 2.45) is 0 Å². The second-order valence-corrected chi connectivity index (χ2v) is 3.76. The van der Waals surface area contributed by atoms with Crippen LogP contribution in [0.4, 0.5) is 13.2 Å². The molecule has 0 bridgehead atoms. The van der Waals surface area contributed by atoms with Crippen molar-refractivity contribution < 1.29 is 13.2 Å². The van der Waals surface area contributed by atoms with Crippen LogP contribution in [0.3, 0.4) is 0 Å². The Balaban J connectivity index is 3.55. The van der Waals surface area contributed by atoms with E-state index >= 15 is 0 Å². The van der Waals surface area contributed by atoms with E-state index in [9.17, 15) is 18.0 Å². The molecule has 0 saturated heterocycles. The van der Waals surface area contributed by atoms with Crippen molar-refractivity contribution in [3.05, 3.63) is 33.2 Å². The van der Waals surface area contributed by atoms with Gasteiger partial charge in [-0.05, 0) is 18.4 Å². The Bertz CT molecular complexity index is 418. The van der Waals surface area contributed by atoms with Gasteiger partial charge in [-0.1, -0.05) is 13.8 Å². The van der Waals surface area contributed by atoms with Crippen LogP contribution < -0.4 is 5.56 Å². The molecule has 0 amide bonds. The van der Waals surface area contributed by atoms with Gasteiger partial charge in [-0.25, -0.2) is 0 Å². The Labute approximate surface area is 85.1 Å². The largest absolute Gasteiger partial charge is 0.418 e. The van der Waals surface area contributed by atoms with Crippen LogP contribution in [-0.2, 0) is 6.18 Å². The molecule has 0 aliphatic carbocycles. The number of aromatic nitrogens is 1. The fourth-order valence-corrected chi connectivity index (χ4v) is 1.52. The topological polar surface area (TPSA) is 32.9 Å². The molecule has 1 N–H and O–H groups in total. The number of halogens is 3. The van der Waals surface area contributed by atoms with Gasteiger partial charge in [0.25, 0.3) is 0 Å². The van der Waals surface area contributed by atoms with Gasteiger partial charge in [0.2, 0.25) is 5.56 Å². The van der Waals surface area contributed by atoms with Crippen LogP contribution in [0.5, 0.6) is 0 Å². The Morgan fingerprint density at radius 2 is 1.87 bits per heavy atom. The third-order valence-corrected chi connectivity index (χ3v) is 2.13. The third kappa shape index (κ3) is 2.40. The number of hydrogen-bond acceptors (Lipinski definition) is 1. The molecule has 0 saturated carbocycles. The molecule has 5 heteroatoms. The summed E-state index contributed by atoms with van der Waals surface area (Å²) in [6, 6.07) is 0.967. The molecule has 1 rings (SSSR count). The first-order chi connectivity index (χ1) is 6.73. The molecule has 1 aromatic heterocycles. The summed E-state index contributed by atoms with van der Waals surface area (Å²) >= 11 is 0. The first-order valence-corrected chi connectivity index (χ1v) is 4.54. The standard InChI is InChI=1S/C10H12F3NO/c1-5(2)9-8(10(11,12)13)6(3)4-7(15)14-9/h4-5H,1-3H3,(H,14,15). The molecular weight excluding hydrogens is 207 g/mol. The first kappa shape index (κ1) is 11.8. The SMILES string of the molecule is Cc1cc(=O)[nH]c(C(C)C)c1C(F)(F)F. The Morgan fingerprint density at radius 3 is 2.27 bits per heavy atom. The molecule has 0 atom stereocenters. The molecule has 1 heterocycles. The number of H-pyrrole nitrogens is 1. The molecule has 84 valence electrons. The molecule has 0 unspecified atom stereocenters. The number of nitrogens with one attached hydrogen (secondary N) is 1. The minimum Gasteiger partial charge on any atom is -0.325 e. The second-order valence-electron chi connectivity index (χ2n) is 3.76. The van der Waals surface area contributed by atoms with E-state index in [2.05, 4.69) is 4.98 Å². The van der Waals surface area contributed by atoms with Crippen molar-refractivity contribution in [1.29, 1.82) is 0 Å². The van der Waals surface area contributed by atoms with Gasteiger partial charge < -0.3 is 4.98 Å². The first-order valence-electron chi connectivity index (χ1n) is 4.54. The molecule has 0 spiro atoms. The average molecular weight is 219 g/mol. The van der Waals surface area contributed by atoms with Crippen molar-refractivity contribution in [3.63, 3.8) is 0 Å². The number of hydrogen-bond donors (Lipinski definition) is 1. The smallest absolute Gasteiger partial charge is 0.325 e.